The fraction of sp³-hybridized carbons (Fsp3) is 0.268. The van der Waals surface area contributed by atoms with Crippen LogP contribution >= 0.6 is 11.3 Å². The minimum absolute atomic E-state index is 0.0470. The van der Waals surface area contributed by atoms with E-state index in [9.17, 15) is 0 Å². The molecule has 1 heterocycles. The van der Waals surface area contributed by atoms with Crippen molar-refractivity contribution in [1.82, 2.24) is 0 Å². The van der Waals surface area contributed by atoms with Crippen LogP contribution in [0.15, 0.2) is 84.4 Å². The first-order valence-electron chi connectivity index (χ1n) is 15.0. The SMILES string of the molecule is C#Cc1ccc2c(c1-c1c(C)ccc3c4c(sc13)CCC(C(C)(C)C)=C4)-c1ccccc1C2(C)C.Cc1ccccc1. The molecule has 0 unspecified atom stereocenters. The van der Waals surface area contributed by atoms with Crippen LogP contribution < -0.4 is 0 Å². The van der Waals surface area contributed by atoms with Crippen LogP contribution in [0.25, 0.3) is 38.4 Å². The zero-order valence-electron chi connectivity index (χ0n) is 26.0. The van der Waals surface area contributed by atoms with E-state index >= 15 is 0 Å². The third kappa shape index (κ3) is 4.63. The van der Waals surface area contributed by atoms with E-state index in [-0.39, 0.29) is 10.8 Å². The fourth-order valence-electron chi connectivity index (χ4n) is 6.78. The van der Waals surface area contributed by atoms with Crippen molar-refractivity contribution in [3.63, 3.8) is 0 Å². The topological polar surface area (TPSA) is 0 Å². The summed E-state index contributed by atoms with van der Waals surface area (Å²) in [7, 11) is 0. The number of hydrogen-bond acceptors (Lipinski definition) is 1. The Labute approximate surface area is 256 Å². The van der Waals surface area contributed by atoms with Crippen LogP contribution in [0.1, 0.15) is 79.3 Å². The van der Waals surface area contributed by atoms with Gasteiger partial charge in [-0.2, -0.15) is 0 Å². The Balaban J connectivity index is 0.000000397. The van der Waals surface area contributed by atoms with Crippen molar-refractivity contribution >= 4 is 27.5 Å². The van der Waals surface area contributed by atoms with Crippen molar-refractivity contribution in [2.24, 2.45) is 5.41 Å². The van der Waals surface area contributed by atoms with Gasteiger partial charge in [-0.1, -0.05) is 131 Å². The minimum Gasteiger partial charge on any atom is -0.139 e. The summed E-state index contributed by atoms with van der Waals surface area (Å²) < 4.78 is 1.38. The van der Waals surface area contributed by atoms with E-state index in [0.29, 0.717) is 0 Å². The molecule has 7 rings (SSSR count). The van der Waals surface area contributed by atoms with E-state index < -0.39 is 0 Å². The van der Waals surface area contributed by atoms with Gasteiger partial charge in [-0.05, 0) is 71.6 Å². The molecular formula is C41H40S. The molecule has 1 aromatic heterocycles. The second-order valence-electron chi connectivity index (χ2n) is 13.4. The number of hydrogen-bond donors (Lipinski definition) is 0. The Morgan fingerprint density at radius 1 is 0.762 bits per heavy atom. The molecule has 5 aromatic rings. The average Bonchev–Trinajstić information content (AvgIpc) is 3.45. The molecule has 0 saturated carbocycles. The first-order valence-corrected chi connectivity index (χ1v) is 15.9. The lowest BCUT2D eigenvalue weighted by molar-refractivity contribution is 0.485. The Kier molecular flexibility index (Phi) is 7.03. The Hall–Kier alpha value is -3.86. The molecule has 4 aromatic carbocycles. The highest BCUT2D eigenvalue weighted by Crippen LogP contribution is 2.55. The molecule has 0 fully saturated rings. The molecule has 0 bridgehead atoms. The monoisotopic (exact) mass is 564 g/mol. The smallest absolute Gasteiger partial charge is 0.0433 e. The Bertz CT molecular complexity index is 1900. The quantitative estimate of drug-likeness (QED) is 0.178. The zero-order chi connectivity index (χ0) is 29.8. The van der Waals surface area contributed by atoms with Crippen molar-refractivity contribution in [3.8, 4) is 34.6 Å². The van der Waals surface area contributed by atoms with Crippen LogP contribution in [0.3, 0.4) is 0 Å². The minimum atomic E-state index is -0.0470. The average molecular weight is 565 g/mol. The maximum atomic E-state index is 6.17. The second kappa shape index (κ2) is 10.4. The molecule has 0 aliphatic heterocycles. The fourth-order valence-corrected chi connectivity index (χ4v) is 8.16. The van der Waals surface area contributed by atoms with E-state index in [1.165, 1.54) is 65.0 Å². The molecule has 2 aliphatic carbocycles. The number of thiophene rings is 1. The second-order valence-corrected chi connectivity index (χ2v) is 14.5. The van der Waals surface area contributed by atoms with E-state index in [1.807, 2.05) is 29.5 Å². The number of terminal acetylenes is 1. The predicted octanol–water partition coefficient (Wildman–Crippen LogP) is 11.5. The van der Waals surface area contributed by atoms with Crippen LogP contribution in [0.2, 0.25) is 0 Å². The van der Waals surface area contributed by atoms with Crippen molar-refractivity contribution in [3.05, 3.63) is 123 Å². The van der Waals surface area contributed by atoms with Gasteiger partial charge in [-0.15, -0.1) is 17.8 Å². The molecule has 1 heteroatoms. The van der Waals surface area contributed by atoms with Gasteiger partial charge in [0.2, 0.25) is 0 Å². The van der Waals surface area contributed by atoms with Crippen LogP contribution in [0.5, 0.6) is 0 Å². The predicted molar refractivity (Wildman–Crippen MR) is 184 cm³/mol. The van der Waals surface area contributed by atoms with Gasteiger partial charge in [0.25, 0.3) is 0 Å². The Morgan fingerprint density at radius 2 is 1.48 bits per heavy atom. The van der Waals surface area contributed by atoms with Crippen molar-refractivity contribution in [2.75, 3.05) is 0 Å². The van der Waals surface area contributed by atoms with E-state index in [2.05, 4.69) is 121 Å². The lowest BCUT2D eigenvalue weighted by Gasteiger charge is -2.26. The largest absolute Gasteiger partial charge is 0.139 e. The standard InChI is InChI=1S/C34H32S.C7H8/c1-8-21-14-17-27-31(24-11-9-10-12-26(24)34(27,6)7)30(21)29-20(2)13-16-23-25-19-22(33(3,4)5)15-18-28(25)35-32(23)29;1-7-5-3-2-4-6-7/h1,9-14,16-17,19H,15,18H2,2-7H3;2-6H,1H3. The molecule has 0 N–H and O–H groups in total. The number of fused-ring (bicyclic) bond motifs is 6. The van der Waals surface area contributed by atoms with Gasteiger partial charge in [0, 0.05) is 37.1 Å². The lowest BCUT2D eigenvalue weighted by Crippen LogP contribution is -2.15. The van der Waals surface area contributed by atoms with Gasteiger partial charge in [0.15, 0.2) is 0 Å². The third-order valence-electron chi connectivity index (χ3n) is 9.18. The first-order chi connectivity index (χ1) is 20.0. The number of aryl methyl sites for hydroxylation is 3. The summed E-state index contributed by atoms with van der Waals surface area (Å²) in [5, 5.41) is 1.37. The van der Waals surface area contributed by atoms with Gasteiger partial charge in [0.05, 0.1) is 0 Å². The zero-order valence-corrected chi connectivity index (χ0v) is 26.8. The van der Waals surface area contributed by atoms with Gasteiger partial charge >= 0.3 is 0 Å². The molecular weight excluding hydrogens is 525 g/mol. The molecule has 0 saturated heterocycles. The summed E-state index contributed by atoms with van der Waals surface area (Å²) in [6.07, 6.45) is 10.9. The molecule has 42 heavy (non-hydrogen) atoms. The maximum absolute atomic E-state index is 6.17. The van der Waals surface area contributed by atoms with Gasteiger partial charge < -0.3 is 0 Å². The summed E-state index contributed by atoms with van der Waals surface area (Å²) in [4.78, 5) is 1.51. The molecule has 0 amide bonds. The lowest BCUT2D eigenvalue weighted by atomic mass is 9.79. The van der Waals surface area contributed by atoms with Crippen LogP contribution in [-0.4, -0.2) is 0 Å². The van der Waals surface area contributed by atoms with E-state index in [0.717, 1.165) is 18.4 Å². The maximum Gasteiger partial charge on any atom is 0.0433 e. The van der Waals surface area contributed by atoms with E-state index in [4.69, 9.17) is 6.42 Å². The molecule has 0 nitrogen and oxygen atoms in total. The molecule has 210 valence electrons. The summed E-state index contributed by atoms with van der Waals surface area (Å²) in [6, 6.07) is 28.2. The number of allylic oxidation sites excluding steroid dienone is 1. The van der Waals surface area contributed by atoms with E-state index in [1.54, 1.807) is 5.57 Å². The van der Waals surface area contributed by atoms with Gasteiger partial charge in [0.1, 0.15) is 0 Å². The Morgan fingerprint density at radius 3 is 2.14 bits per heavy atom. The van der Waals surface area contributed by atoms with Crippen molar-refractivity contribution in [1.29, 1.82) is 0 Å². The third-order valence-corrected chi connectivity index (χ3v) is 10.5. The first kappa shape index (κ1) is 28.3. The summed E-state index contributed by atoms with van der Waals surface area (Å²) in [6.45, 7) is 16.0. The number of rotatable bonds is 1. The van der Waals surface area contributed by atoms with Crippen molar-refractivity contribution < 1.29 is 0 Å². The normalized spacial score (nSPS) is 14.7. The summed E-state index contributed by atoms with van der Waals surface area (Å²) in [5.74, 6) is 3.06. The number of benzene rings is 4. The van der Waals surface area contributed by atoms with Crippen molar-refractivity contribution in [2.45, 2.75) is 66.7 Å². The molecule has 2 aliphatic rings. The summed E-state index contributed by atoms with van der Waals surface area (Å²) in [5.41, 5.74) is 14.7. The van der Waals surface area contributed by atoms with Gasteiger partial charge in [-0.25, -0.2) is 0 Å². The highest BCUT2D eigenvalue weighted by Gasteiger charge is 2.38. The van der Waals surface area contributed by atoms with Crippen LogP contribution in [-0.2, 0) is 11.8 Å². The highest BCUT2D eigenvalue weighted by molar-refractivity contribution is 7.20. The summed E-state index contributed by atoms with van der Waals surface area (Å²) >= 11 is 1.98. The van der Waals surface area contributed by atoms with Crippen LogP contribution in [0.4, 0.5) is 0 Å². The molecule has 0 radical (unpaired) electrons. The molecule has 0 atom stereocenters. The molecule has 0 spiro atoms. The van der Waals surface area contributed by atoms with Gasteiger partial charge in [-0.3, -0.25) is 0 Å². The highest BCUT2D eigenvalue weighted by atomic mass is 32.1. The van der Waals surface area contributed by atoms with Crippen LogP contribution in [0, 0.1) is 31.6 Å².